The summed E-state index contributed by atoms with van der Waals surface area (Å²) in [6.45, 7) is 6.50. The highest BCUT2D eigenvalue weighted by atomic mass is 16.5. The van der Waals surface area contributed by atoms with E-state index >= 15 is 0 Å². The summed E-state index contributed by atoms with van der Waals surface area (Å²) < 4.78 is 21.7. The van der Waals surface area contributed by atoms with E-state index in [0.29, 0.717) is 34.7 Å². The highest BCUT2D eigenvalue weighted by molar-refractivity contribution is 5.97. The number of ether oxygens (including phenoxy) is 3. The molecule has 2 heterocycles. The monoisotopic (exact) mass is 423 g/mol. The van der Waals surface area contributed by atoms with Crippen molar-refractivity contribution in [2.45, 2.75) is 32.7 Å². The Hall–Kier alpha value is -3.55. The molecule has 0 bridgehead atoms. The lowest BCUT2D eigenvalue weighted by Crippen LogP contribution is -2.38. The first-order chi connectivity index (χ1) is 14.8. The Morgan fingerprint density at radius 3 is 2.55 bits per heavy atom. The van der Waals surface area contributed by atoms with Crippen molar-refractivity contribution in [3.05, 3.63) is 47.9 Å². The number of carbonyl (C=O) groups excluding carboxylic acids is 1. The number of nitrogens with zero attached hydrogens (tertiary/aromatic N) is 3. The van der Waals surface area contributed by atoms with Crippen molar-refractivity contribution in [1.82, 2.24) is 10.1 Å². The van der Waals surface area contributed by atoms with Gasteiger partial charge in [-0.25, -0.2) is 0 Å². The third kappa shape index (κ3) is 4.05. The van der Waals surface area contributed by atoms with Gasteiger partial charge in [-0.3, -0.25) is 9.69 Å². The molecular formula is C23H25N3O5. The number of hydrogen-bond donors (Lipinski definition) is 0. The van der Waals surface area contributed by atoms with Crippen LogP contribution in [-0.2, 0) is 16.8 Å². The third-order valence-corrected chi connectivity index (χ3v) is 5.17. The summed E-state index contributed by atoms with van der Waals surface area (Å²) in [5.74, 6) is 2.41. The number of anilines is 1. The van der Waals surface area contributed by atoms with Gasteiger partial charge in [-0.2, -0.15) is 4.98 Å². The molecule has 8 heteroatoms. The SMILES string of the molecule is COc1ccc(-c2noc(CN3C(=O)COc4ccc(C(C)(C)C)cc43)n2)cc1OC. The van der Waals surface area contributed by atoms with Gasteiger partial charge in [0.15, 0.2) is 18.1 Å². The lowest BCUT2D eigenvalue weighted by atomic mass is 9.86. The number of benzene rings is 2. The van der Waals surface area contributed by atoms with Crippen LogP contribution in [-0.4, -0.2) is 36.9 Å². The summed E-state index contributed by atoms with van der Waals surface area (Å²) in [5, 5.41) is 4.07. The molecule has 0 radical (unpaired) electrons. The van der Waals surface area contributed by atoms with Gasteiger partial charge in [-0.15, -0.1) is 0 Å². The lowest BCUT2D eigenvalue weighted by molar-refractivity contribution is -0.121. The van der Waals surface area contributed by atoms with E-state index in [0.717, 1.165) is 11.1 Å². The van der Waals surface area contributed by atoms with Gasteiger partial charge >= 0.3 is 0 Å². The smallest absolute Gasteiger partial charge is 0.265 e. The molecule has 0 N–H and O–H groups in total. The molecule has 31 heavy (non-hydrogen) atoms. The average molecular weight is 423 g/mol. The first-order valence-corrected chi connectivity index (χ1v) is 9.93. The quantitative estimate of drug-likeness (QED) is 0.613. The molecule has 0 spiro atoms. The highest BCUT2D eigenvalue weighted by Crippen LogP contribution is 2.37. The summed E-state index contributed by atoms with van der Waals surface area (Å²) >= 11 is 0. The Morgan fingerprint density at radius 2 is 1.84 bits per heavy atom. The molecule has 1 aromatic heterocycles. The van der Waals surface area contributed by atoms with E-state index in [9.17, 15) is 4.79 Å². The Bertz CT molecular complexity index is 1120. The van der Waals surface area contributed by atoms with Gasteiger partial charge in [0.1, 0.15) is 12.3 Å². The van der Waals surface area contributed by atoms with Crippen LogP contribution in [0.15, 0.2) is 40.9 Å². The Morgan fingerprint density at radius 1 is 1.06 bits per heavy atom. The molecule has 4 rings (SSSR count). The predicted molar refractivity (Wildman–Crippen MR) is 115 cm³/mol. The molecular weight excluding hydrogens is 398 g/mol. The van der Waals surface area contributed by atoms with E-state index in [4.69, 9.17) is 18.7 Å². The van der Waals surface area contributed by atoms with Gasteiger partial charge in [0.25, 0.3) is 5.91 Å². The molecule has 0 unspecified atom stereocenters. The molecule has 0 saturated carbocycles. The van der Waals surface area contributed by atoms with Gasteiger partial charge < -0.3 is 18.7 Å². The zero-order valence-corrected chi connectivity index (χ0v) is 18.3. The van der Waals surface area contributed by atoms with Crippen LogP contribution < -0.4 is 19.1 Å². The van der Waals surface area contributed by atoms with Crippen molar-refractivity contribution in [2.24, 2.45) is 0 Å². The minimum Gasteiger partial charge on any atom is -0.493 e. The predicted octanol–water partition coefficient (Wildman–Crippen LogP) is 3.98. The molecule has 0 atom stereocenters. The second kappa shape index (κ2) is 7.94. The maximum Gasteiger partial charge on any atom is 0.265 e. The fourth-order valence-corrected chi connectivity index (χ4v) is 3.39. The second-order valence-corrected chi connectivity index (χ2v) is 8.28. The minimum atomic E-state index is -0.163. The molecule has 0 saturated heterocycles. The van der Waals surface area contributed by atoms with E-state index in [1.165, 1.54) is 0 Å². The Balaban J connectivity index is 1.63. The normalized spacial score (nSPS) is 13.6. The van der Waals surface area contributed by atoms with Crippen LogP contribution in [0.5, 0.6) is 17.2 Å². The maximum absolute atomic E-state index is 12.6. The maximum atomic E-state index is 12.6. The van der Waals surface area contributed by atoms with Crippen molar-refractivity contribution < 1.29 is 23.5 Å². The number of methoxy groups -OCH3 is 2. The minimum absolute atomic E-state index is 0.0292. The molecule has 8 nitrogen and oxygen atoms in total. The second-order valence-electron chi connectivity index (χ2n) is 8.28. The third-order valence-electron chi connectivity index (χ3n) is 5.17. The van der Waals surface area contributed by atoms with Crippen molar-refractivity contribution >= 4 is 11.6 Å². The van der Waals surface area contributed by atoms with Crippen LogP contribution in [0.4, 0.5) is 5.69 Å². The van der Waals surface area contributed by atoms with Crippen LogP contribution in [0.2, 0.25) is 0 Å². The Labute approximate surface area is 180 Å². The lowest BCUT2D eigenvalue weighted by Gasteiger charge is -2.30. The van der Waals surface area contributed by atoms with E-state index < -0.39 is 0 Å². The molecule has 3 aromatic rings. The standard InChI is InChI=1S/C23H25N3O5/c1-23(2,3)15-7-9-17-16(11-15)26(21(27)13-30-17)12-20-24-22(25-31-20)14-6-8-18(28-4)19(10-14)29-5/h6-11H,12-13H2,1-5H3. The Kier molecular flexibility index (Phi) is 5.31. The molecule has 1 amide bonds. The number of rotatable bonds is 5. The summed E-state index contributed by atoms with van der Waals surface area (Å²) in [7, 11) is 3.14. The summed E-state index contributed by atoms with van der Waals surface area (Å²) in [5.41, 5.74) is 2.46. The van der Waals surface area contributed by atoms with Gasteiger partial charge in [0.05, 0.1) is 19.9 Å². The topological polar surface area (TPSA) is 86.9 Å². The van der Waals surface area contributed by atoms with E-state index in [1.807, 2.05) is 24.3 Å². The van der Waals surface area contributed by atoms with Gasteiger partial charge in [-0.1, -0.05) is 32.0 Å². The number of carbonyl (C=O) groups is 1. The van der Waals surface area contributed by atoms with Gasteiger partial charge in [0, 0.05) is 5.56 Å². The summed E-state index contributed by atoms with van der Waals surface area (Å²) in [6.07, 6.45) is 0. The van der Waals surface area contributed by atoms with E-state index in [-0.39, 0.29) is 24.5 Å². The van der Waals surface area contributed by atoms with Crippen molar-refractivity contribution in [2.75, 3.05) is 25.7 Å². The van der Waals surface area contributed by atoms with Gasteiger partial charge in [0.2, 0.25) is 11.7 Å². The zero-order chi connectivity index (χ0) is 22.2. The number of fused-ring (bicyclic) bond motifs is 1. The van der Waals surface area contributed by atoms with Crippen molar-refractivity contribution in [3.63, 3.8) is 0 Å². The largest absolute Gasteiger partial charge is 0.493 e. The van der Waals surface area contributed by atoms with Gasteiger partial charge in [-0.05, 0) is 41.3 Å². The summed E-state index contributed by atoms with van der Waals surface area (Å²) in [6, 6.07) is 11.3. The fraction of sp³-hybridized carbons (Fsp3) is 0.348. The molecule has 162 valence electrons. The molecule has 1 aliphatic rings. The zero-order valence-electron chi connectivity index (χ0n) is 18.3. The molecule has 0 fully saturated rings. The first kappa shape index (κ1) is 20.7. The van der Waals surface area contributed by atoms with Crippen LogP contribution in [0.1, 0.15) is 32.2 Å². The fourth-order valence-electron chi connectivity index (χ4n) is 3.39. The van der Waals surface area contributed by atoms with Crippen LogP contribution >= 0.6 is 0 Å². The first-order valence-electron chi connectivity index (χ1n) is 9.93. The van der Waals surface area contributed by atoms with Crippen molar-refractivity contribution in [3.8, 4) is 28.6 Å². The van der Waals surface area contributed by atoms with E-state index in [2.05, 4.69) is 30.9 Å². The molecule has 2 aromatic carbocycles. The summed E-state index contributed by atoms with van der Waals surface area (Å²) in [4.78, 5) is 18.7. The molecule has 0 aliphatic carbocycles. The van der Waals surface area contributed by atoms with Crippen LogP contribution in [0.25, 0.3) is 11.4 Å². The van der Waals surface area contributed by atoms with Crippen LogP contribution in [0.3, 0.4) is 0 Å². The molecule has 1 aliphatic heterocycles. The number of hydrogen-bond acceptors (Lipinski definition) is 7. The van der Waals surface area contributed by atoms with E-state index in [1.54, 1.807) is 31.3 Å². The average Bonchev–Trinajstić information content (AvgIpc) is 3.23. The number of amides is 1. The highest BCUT2D eigenvalue weighted by Gasteiger charge is 2.29. The van der Waals surface area contributed by atoms with Crippen LogP contribution in [0, 0.1) is 0 Å². The number of aromatic nitrogens is 2. The van der Waals surface area contributed by atoms with Crippen molar-refractivity contribution in [1.29, 1.82) is 0 Å².